The molecule has 1 saturated heterocycles. The highest BCUT2D eigenvalue weighted by Crippen LogP contribution is 2.40. The fourth-order valence-electron chi connectivity index (χ4n) is 3.82. The lowest BCUT2D eigenvalue weighted by Crippen LogP contribution is -2.42. The summed E-state index contributed by atoms with van der Waals surface area (Å²) in [5, 5.41) is 14.0. The van der Waals surface area contributed by atoms with Crippen molar-refractivity contribution >= 4 is 29.0 Å². The SMILES string of the molecule is CC1CCCCN1c1nc2c(c(=O)[nH]1)C(c1cccs1)C(C#N)C(=O)N2. The quantitative estimate of drug-likeness (QED) is 0.846. The van der Waals surface area contributed by atoms with Gasteiger partial charge in [-0.25, -0.2) is 0 Å². The zero-order valence-corrected chi connectivity index (χ0v) is 15.2. The van der Waals surface area contributed by atoms with Crippen LogP contribution in [0.4, 0.5) is 11.8 Å². The molecule has 0 bridgehead atoms. The Kier molecular flexibility index (Phi) is 4.24. The average Bonchev–Trinajstić information content (AvgIpc) is 3.15. The van der Waals surface area contributed by atoms with E-state index in [0.29, 0.717) is 11.5 Å². The molecule has 134 valence electrons. The monoisotopic (exact) mass is 369 g/mol. The molecule has 0 radical (unpaired) electrons. The van der Waals surface area contributed by atoms with Gasteiger partial charge in [-0.3, -0.25) is 14.6 Å². The average molecular weight is 369 g/mol. The van der Waals surface area contributed by atoms with Crippen LogP contribution in [0, 0.1) is 17.2 Å². The van der Waals surface area contributed by atoms with E-state index in [1.807, 2.05) is 23.6 Å². The number of carbonyl (C=O) groups excluding carboxylic acids is 1. The van der Waals surface area contributed by atoms with E-state index in [9.17, 15) is 14.9 Å². The molecule has 0 spiro atoms. The number of thiophene rings is 1. The second-order valence-corrected chi connectivity index (χ2v) is 7.76. The number of nitrogens with one attached hydrogen (secondary N) is 2. The number of nitrogens with zero attached hydrogens (tertiary/aromatic N) is 3. The maximum absolute atomic E-state index is 12.9. The third kappa shape index (κ3) is 2.69. The van der Waals surface area contributed by atoms with Crippen LogP contribution in [0.15, 0.2) is 22.3 Å². The van der Waals surface area contributed by atoms with Crippen LogP contribution < -0.4 is 15.8 Å². The van der Waals surface area contributed by atoms with E-state index in [1.165, 1.54) is 11.3 Å². The first kappa shape index (κ1) is 16.8. The van der Waals surface area contributed by atoms with Crippen LogP contribution in [0.5, 0.6) is 0 Å². The molecule has 2 N–H and O–H groups in total. The van der Waals surface area contributed by atoms with Crippen LogP contribution in [0.3, 0.4) is 0 Å². The number of rotatable bonds is 2. The maximum atomic E-state index is 12.9. The van der Waals surface area contributed by atoms with E-state index in [4.69, 9.17) is 0 Å². The zero-order chi connectivity index (χ0) is 18.3. The van der Waals surface area contributed by atoms with Crippen LogP contribution in [0.2, 0.25) is 0 Å². The summed E-state index contributed by atoms with van der Waals surface area (Å²) in [5.74, 6) is -1.18. The lowest BCUT2D eigenvalue weighted by Gasteiger charge is -2.35. The topological polar surface area (TPSA) is 102 Å². The van der Waals surface area contributed by atoms with Crippen molar-refractivity contribution in [2.45, 2.75) is 38.1 Å². The number of aromatic amines is 1. The molecular formula is C18H19N5O2S. The lowest BCUT2D eigenvalue weighted by molar-refractivity contribution is -0.119. The standard InChI is InChI=1S/C18H19N5O2S/c1-10-5-2-3-7-23(10)18-21-15-14(17(25)22-18)13(12-6-4-8-26-12)11(9-19)16(24)20-15/h4,6,8,10-11,13H,2-3,5,7H2,1H3,(H2,20,21,22,24,25). The Bertz CT molecular complexity index is 930. The van der Waals surface area contributed by atoms with Crippen LogP contribution in [-0.2, 0) is 4.79 Å². The summed E-state index contributed by atoms with van der Waals surface area (Å²) in [6, 6.07) is 6.03. The summed E-state index contributed by atoms with van der Waals surface area (Å²) < 4.78 is 0. The molecule has 2 aliphatic heterocycles. The van der Waals surface area contributed by atoms with Gasteiger partial charge in [0.15, 0.2) is 0 Å². The van der Waals surface area contributed by atoms with Gasteiger partial charge in [-0.05, 0) is 37.6 Å². The van der Waals surface area contributed by atoms with Gasteiger partial charge in [0.2, 0.25) is 11.9 Å². The predicted octanol–water partition coefficient (Wildman–Crippen LogP) is 2.43. The number of amides is 1. The summed E-state index contributed by atoms with van der Waals surface area (Å²) in [4.78, 5) is 35.7. The van der Waals surface area contributed by atoms with Gasteiger partial charge in [-0.1, -0.05) is 6.07 Å². The molecule has 26 heavy (non-hydrogen) atoms. The minimum absolute atomic E-state index is 0.274. The van der Waals surface area contributed by atoms with Gasteiger partial charge in [0.05, 0.1) is 17.6 Å². The number of fused-ring (bicyclic) bond motifs is 1. The highest BCUT2D eigenvalue weighted by atomic mass is 32.1. The highest BCUT2D eigenvalue weighted by Gasteiger charge is 2.41. The number of carbonyl (C=O) groups is 1. The highest BCUT2D eigenvalue weighted by molar-refractivity contribution is 7.10. The molecular weight excluding hydrogens is 350 g/mol. The van der Waals surface area contributed by atoms with Crippen LogP contribution in [0.1, 0.15) is 42.5 Å². The smallest absolute Gasteiger partial charge is 0.258 e. The molecule has 4 heterocycles. The van der Waals surface area contributed by atoms with E-state index in [1.54, 1.807) is 0 Å². The molecule has 0 aromatic carbocycles. The Morgan fingerprint density at radius 3 is 2.92 bits per heavy atom. The van der Waals surface area contributed by atoms with E-state index >= 15 is 0 Å². The summed E-state index contributed by atoms with van der Waals surface area (Å²) in [6.07, 6.45) is 3.25. The number of hydrogen-bond acceptors (Lipinski definition) is 6. The predicted molar refractivity (Wildman–Crippen MR) is 99.4 cm³/mol. The van der Waals surface area contributed by atoms with E-state index in [0.717, 1.165) is 30.7 Å². The summed E-state index contributed by atoms with van der Waals surface area (Å²) in [6.45, 7) is 2.93. The van der Waals surface area contributed by atoms with Gasteiger partial charge in [-0.2, -0.15) is 10.2 Å². The van der Waals surface area contributed by atoms with Gasteiger partial charge >= 0.3 is 0 Å². The van der Waals surface area contributed by atoms with Crippen molar-refractivity contribution in [3.8, 4) is 6.07 Å². The zero-order valence-electron chi connectivity index (χ0n) is 14.4. The Hall–Kier alpha value is -2.66. The summed E-state index contributed by atoms with van der Waals surface area (Å²) in [5.41, 5.74) is 0.0773. The largest absolute Gasteiger partial charge is 0.340 e. The van der Waals surface area contributed by atoms with E-state index in [2.05, 4.69) is 27.1 Å². The van der Waals surface area contributed by atoms with Gasteiger partial charge in [0.25, 0.3) is 5.56 Å². The summed E-state index contributed by atoms with van der Waals surface area (Å²) in [7, 11) is 0. The molecule has 1 amide bonds. The first-order valence-electron chi connectivity index (χ1n) is 8.75. The van der Waals surface area contributed by atoms with Crippen molar-refractivity contribution in [3.05, 3.63) is 38.3 Å². The Morgan fingerprint density at radius 1 is 1.38 bits per heavy atom. The van der Waals surface area contributed by atoms with Crippen molar-refractivity contribution in [3.63, 3.8) is 0 Å². The van der Waals surface area contributed by atoms with Gasteiger partial charge in [-0.15, -0.1) is 11.3 Å². The number of nitriles is 1. The minimum atomic E-state index is -0.941. The van der Waals surface area contributed by atoms with Crippen molar-refractivity contribution in [1.82, 2.24) is 9.97 Å². The number of hydrogen-bond donors (Lipinski definition) is 2. The van der Waals surface area contributed by atoms with Gasteiger partial charge in [0.1, 0.15) is 11.7 Å². The van der Waals surface area contributed by atoms with Gasteiger partial charge in [0, 0.05) is 17.5 Å². The maximum Gasteiger partial charge on any atom is 0.258 e. The van der Waals surface area contributed by atoms with E-state index in [-0.39, 0.29) is 17.4 Å². The molecule has 7 nitrogen and oxygen atoms in total. The normalized spacial score (nSPS) is 25.3. The minimum Gasteiger partial charge on any atom is -0.340 e. The number of piperidine rings is 1. The molecule has 1 fully saturated rings. The fourth-order valence-corrected chi connectivity index (χ4v) is 4.70. The van der Waals surface area contributed by atoms with Crippen molar-refractivity contribution in [2.75, 3.05) is 16.8 Å². The molecule has 2 aromatic rings. The lowest BCUT2D eigenvalue weighted by atomic mass is 9.83. The first-order chi connectivity index (χ1) is 12.6. The molecule has 0 aliphatic carbocycles. The Morgan fingerprint density at radius 2 is 2.23 bits per heavy atom. The Balaban J connectivity index is 1.84. The van der Waals surface area contributed by atoms with Crippen LogP contribution in [0.25, 0.3) is 0 Å². The molecule has 3 unspecified atom stereocenters. The van der Waals surface area contributed by atoms with Crippen molar-refractivity contribution in [2.24, 2.45) is 5.92 Å². The van der Waals surface area contributed by atoms with Gasteiger partial charge < -0.3 is 10.2 Å². The molecule has 3 atom stereocenters. The second kappa shape index (κ2) is 6.57. The molecule has 0 saturated carbocycles. The fraction of sp³-hybridized carbons (Fsp3) is 0.444. The number of H-pyrrole nitrogens is 1. The van der Waals surface area contributed by atoms with Crippen LogP contribution in [-0.4, -0.2) is 28.5 Å². The molecule has 4 rings (SSSR count). The van der Waals surface area contributed by atoms with Crippen molar-refractivity contribution < 1.29 is 4.79 Å². The second-order valence-electron chi connectivity index (χ2n) is 6.78. The molecule has 2 aromatic heterocycles. The van der Waals surface area contributed by atoms with E-state index < -0.39 is 17.7 Å². The Labute approximate surface area is 154 Å². The molecule has 2 aliphatic rings. The molecule has 8 heteroatoms. The first-order valence-corrected chi connectivity index (χ1v) is 9.63. The van der Waals surface area contributed by atoms with Crippen molar-refractivity contribution in [1.29, 1.82) is 5.26 Å². The summed E-state index contributed by atoms with van der Waals surface area (Å²) >= 11 is 1.43. The third-order valence-corrected chi connectivity index (χ3v) is 6.13. The number of anilines is 2. The third-order valence-electron chi connectivity index (χ3n) is 5.18. The van der Waals surface area contributed by atoms with Crippen LogP contribution >= 0.6 is 11.3 Å². The number of aromatic nitrogens is 2.